The summed E-state index contributed by atoms with van der Waals surface area (Å²) in [4.78, 5) is 12.1. The van der Waals surface area contributed by atoms with Crippen LogP contribution in [0.5, 0.6) is 0 Å². The molecular weight excluding hydrogens is 458 g/mol. The minimum Gasteiger partial charge on any atom is -0.466 e. The van der Waals surface area contributed by atoms with Crippen LogP contribution in [-0.4, -0.2) is 37.4 Å². The molecule has 1 aromatic rings. The lowest BCUT2D eigenvalue weighted by Gasteiger charge is -2.13. The molecule has 37 heavy (non-hydrogen) atoms. The third kappa shape index (κ3) is 19.4. The highest BCUT2D eigenvalue weighted by atomic mass is 16.5. The van der Waals surface area contributed by atoms with Crippen LogP contribution < -0.4 is 5.32 Å². The van der Waals surface area contributed by atoms with E-state index in [1.165, 1.54) is 89.0 Å². The summed E-state index contributed by atoms with van der Waals surface area (Å²) in [5, 5.41) is 11.9. The quantitative estimate of drug-likeness (QED) is 0.0962. The summed E-state index contributed by atoms with van der Waals surface area (Å²) < 4.78 is 5.50. The molecule has 0 amide bonds. The average molecular weight is 518 g/mol. The first-order valence-electron chi connectivity index (χ1n) is 15.8. The number of aryl methyl sites for hydroxylation is 3. The molecule has 2 N–H and O–H groups in total. The molecule has 0 aliphatic rings. The fourth-order valence-corrected chi connectivity index (χ4v) is 4.94. The van der Waals surface area contributed by atoms with Crippen LogP contribution in [0.4, 0.5) is 0 Å². The molecule has 214 valence electrons. The molecular formula is C33H59NO3. The van der Waals surface area contributed by atoms with Crippen molar-refractivity contribution in [2.24, 2.45) is 0 Å². The topological polar surface area (TPSA) is 58.6 Å². The van der Waals surface area contributed by atoms with Gasteiger partial charge in [-0.15, -0.1) is 0 Å². The summed E-state index contributed by atoms with van der Waals surface area (Å²) in [6, 6.07) is 7.14. The van der Waals surface area contributed by atoms with E-state index < -0.39 is 0 Å². The molecule has 0 unspecified atom stereocenters. The Bertz CT molecular complexity index is 661. The SMILES string of the molecule is CCCCCCCc1ccc(CCCOC(=O)CCCCCCCNCCO)cc1CCCCCCC. The van der Waals surface area contributed by atoms with Gasteiger partial charge in [0.15, 0.2) is 0 Å². The second-order valence-corrected chi connectivity index (χ2v) is 10.7. The van der Waals surface area contributed by atoms with E-state index in [0.29, 0.717) is 19.6 Å². The summed E-state index contributed by atoms with van der Waals surface area (Å²) in [5.41, 5.74) is 4.51. The summed E-state index contributed by atoms with van der Waals surface area (Å²) in [5.74, 6) is -0.0456. The lowest BCUT2D eigenvalue weighted by Crippen LogP contribution is -2.19. The zero-order chi connectivity index (χ0) is 26.8. The van der Waals surface area contributed by atoms with Gasteiger partial charge in [0.05, 0.1) is 13.2 Å². The van der Waals surface area contributed by atoms with E-state index in [1.807, 2.05) is 0 Å². The van der Waals surface area contributed by atoms with Crippen LogP contribution in [0, 0.1) is 0 Å². The van der Waals surface area contributed by atoms with Crippen molar-refractivity contribution < 1.29 is 14.6 Å². The molecule has 0 bridgehead atoms. The van der Waals surface area contributed by atoms with E-state index in [9.17, 15) is 4.79 Å². The molecule has 0 aliphatic heterocycles. The third-order valence-corrected chi connectivity index (χ3v) is 7.27. The molecule has 0 aromatic heterocycles. The van der Waals surface area contributed by atoms with Crippen molar-refractivity contribution in [2.75, 3.05) is 26.3 Å². The van der Waals surface area contributed by atoms with E-state index >= 15 is 0 Å². The number of aliphatic hydroxyl groups is 1. The van der Waals surface area contributed by atoms with Gasteiger partial charge in [0.1, 0.15) is 0 Å². The van der Waals surface area contributed by atoms with Crippen molar-refractivity contribution in [3.8, 4) is 0 Å². The fraction of sp³-hybridized carbons (Fsp3) is 0.788. The van der Waals surface area contributed by atoms with Gasteiger partial charge in [-0.25, -0.2) is 0 Å². The normalized spacial score (nSPS) is 11.2. The van der Waals surface area contributed by atoms with Crippen LogP contribution in [-0.2, 0) is 28.8 Å². The van der Waals surface area contributed by atoms with Gasteiger partial charge in [0.25, 0.3) is 0 Å². The predicted molar refractivity (Wildman–Crippen MR) is 158 cm³/mol. The van der Waals surface area contributed by atoms with E-state index in [2.05, 4.69) is 37.4 Å². The Morgan fingerprint density at radius 3 is 2.03 bits per heavy atom. The van der Waals surface area contributed by atoms with Crippen LogP contribution in [0.25, 0.3) is 0 Å². The Kier molecular flexibility index (Phi) is 22.7. The zero-order valence-electron chi connectivity index (χ0n) is 24.5. The minimum atomic E-state index is -0.0456. The number of hydrogen-bond donors (Lipinski definition) is 2. The van der Waals surface area contributed by atoms with E-state index in [-0.39, 0.29) is 12.6 Å². The maximum Gasteiger partial charge on any atom is 0.305 e. The number of benzene rings is 1. The number of carbonyl (C=O) groups excluding carboxylic acids is 1. The third-order valence-electron chi connectivity index (χ3n) is 7.27. The number of nitrogens with one attached hydrogen (secondary N) is 1. The van der Waals surface area contributed by atoms with Crippen LogP contribution >= 0.6 is 0 Å². The van der Waals surface area contributed by atoms with Gasteiger partial charge < -0.3 is 15.2 Å². The molecule has 0 heterocycles. The van der Waals surface area contributed by atoms with Crippen LogP contribution in [0.2, 0.25) is 0 Å². The number of ether oxygens (including phenoxy) is 1. The number of aliphatic hydroxyl groups excluding tert-OH is 1. The number of unbranched alkanes of at least 4 members (excludes halogenated alkanes) is 12. The molecule has 1 rings (SSSR count). The van der Waals surface area contributed by atoms with Crippen LogP contribution in [0.1, 0.15) is 140 Å². The molecule has 1 aromatic carbocycles. The van der Waals surface area contributed by atoms with Crippen molar-refractivity contribution in [1.29, 1.82) is 0 Å². The Balaban J connectivity index is 2.30. The smallest absolute Gasteiger partial charge is 0.305 e. The monoisotopic (exact) mass is 517 g/mol. The molecule has 4 nitrogen and oxygen atoms in total. The molecule has 0 atom stereocenters. The van der Waals surface area contributed by atoms with Crippen molar-refractivity contribution in [3.63, 3.8) is 0 Å². The molecule has 0 saturated heterocycles. The van der Waals surface area contributed by atoms with Crippen molar-refractivity contribution in [1.82, 2.24) is 5.32 Å². The van der Waals surface area contributed by atoms with Gasteiger partial charge in [-0.2, -0.15) is 0 Å². The summed E-state index contributed by atoms with van der Waals surface area (Å²) in [6.45, 7) is 6.93. The predicted octanol–water partition coefficient (Wildman–Crippen LogP) is 8.11. The Morgan fingerprint density at radius 1 is 0.703 bits per heavy atom. The molecule has 4 heteroatoms. The van der Waals surface area contributed by atoms with E-state index in [4.69, 9.17) is 9.84 Å². The number of rotatable bonds is 26. The summed E-state index contributed by atoms with van der Waals surface area (Å²) in [7, 11) is 0. The molecule has 0 aliphatic carbocycles. The number of esters is 1. The Labute approximate surface area is 229 Å². The highest BCUT2D eigenvalue weighted by Crippen LogP contribution is 2.20. The lowest BCUT2D eigenvalue weighted by atomic mass is 9.93. The molecule has 0 fully saturated rings. The number of carbonyl (C=O) groups is 1. The van der Waals surface area contributed by atoms with Crippen LogP contribution in [0.15, 0.2) is 18.2 Å². The summed E-state index contributed by atoms with van der Waals surface area (Å²) in [6.07, 6.45) is 23.6. The van der Waals surface area contributed by atoms with Gasteiger partial charge >= 0.3 is 5.97 Å². The largest absolute Gasteiger partial charge is 0.466 e. The van der Waals surface area contributed by atoms with E-state index in [1.54, 1.807) is 11.1 Å². The van der Waals surface area contributed by atoms with Gasteiger partial charge in [-0.1, -0.05) is 103 Å². The van der Waals surface area contributed by atoms with Gasteiger partial charge in [0, 0.05) is 13.0 Å². The maximum absolute atomic E-state index is 12.1. The lowest BCUT2D eigenvalue weighted by molar-refractivity contribution is -0.143. The summed E-state index contributed by atoms with van der Waals surface area (Å²) >= 11 is 0. The van der Waals surface area contributed by atoms with Gasteiger partial charge in [-0.3, -0.25) is 4.79 Å². The van der Waals surface area contributed by atoms with Gasteiger partial charge in [0.2, 0.25) is 0 Å². The Hall–Kier alpha value is -1.39. The average Bonchev–Trinajstić information content (AvgIpc) is 2.90. The van der Waals surface area contributed by atoms with E-state index in [0.717, 1.165) is 45.1 Å². The minimum absolute atomic E-state index is 0.0456. The zero-order valence-corrected chi connectivity index (χ0v) is 24.5. The second kappa shape index (κ2) is 24.9. The first-order valence-corrected chi connectivity index (χ1v) is 15.8. The number of hydrogen-bond acceptors (Lipinski definition) is 4. The maximum atomic E-state index is 12.1. The highest BCUT2D eigenvalue weighted by Gasteiger charge is 2.07. The Morgan fingerprint density at radius 2 is 1.32 bits per heavy atom. The molecule has 0 saturated carbocycles. The molecule has 0 spiro atoms. The first kappa shape index (κ1) is 33.6. The molecule has 0 radical (unpaired) electrons. The van der Waals surface area contributed by atoms with Gasteiger partial charge in [-0.05, 0) is 74.6 Å². The highest BCUT2D eigenvalue weighted by molar-refractivity contribution is 5.69. The van der Waals surface area contributed by atoms with Crippen molar-refractivity contribution in [3.05, 3.63) is 34.9 Å². The first-order chi connectivity index (χ1) is 18.2. The van der Waals surface area contributed by atoms with Crippen LogP contribution in [0.3, 0.4) is 0 Å². The van der Waals surface area contributed by atoms with Crippen molar-refractivity contribution >= 4 is 5.97 Å². The standard InChI is InChI=1S/C33H59NO3/c1-3-5-7-10-14-20-31-24-23-30(29-32(31)21-15-11-8-6-4-2)19-18-28-37-33(36)22-16-12-9-13-17-25-34-26-27-35/h23-24,29,34-35H,3-22,25-28H2,1-2H3. The van der Waals surface area contributed by atoms with Crippen molar-refractivity contribution in [2.45, 2.75) is 142 Å². The second-order valence-electron chi connectivity index (χ2n) is 10.7. The fourth-order valence-electron chi connectivity index (χ4n) is 4.94.